The Kier molecular flexibility index (Phi) is 4.90. The van der Waals surface area contributed by atoms with Crippen LogP contribution in [0.15, 0.2) is 0 Å². The van der Waals surface area contributed by atoms with Crippen molar-refractivity contribution in [3.05, 3.63) is 0 Å². The molecule has 1 heterocycles. The van der Waals surface area contributed by atoms with Crippen LogP contribution in [0.25, 0.3) is 0 Å². The largest absolute Gasteiger partial charge is 0.380 e. The summed E-state index contributed by atoms with van der Waals surface area (Å²) in [7, 11) is 0. The van der Waals surface area contributed by atoms with Crippen LogP contribution in [-0.2, 0) is 9.53 Å². The third-order valence-electron chi connectivity index (χ3n) is 2.52. The number of hydrogen-bond acceptors (Lipinski definition) is 3. The molecular weight excluding hydrogens is 180 g/mol. The summed E-state index contributed by atoms with van der Waals surface area (Å²) in [6.45, 7) is 7.77. The molecule has 1 fully saturated rings. The average Bonchev–Trinajstić information content (AvgIpc) is 2.09. The van der Waals surface area contributed by atoms with Gasteiger partial charge in [0.15, 0.2) is 0 Å². The molecule has 0 spiro atoms. The zero-order valence-corrected chi connectivity index (χ0v) is 9.08. The van der Waals surface area contributed by atoms with Gasteiger partial charge in [-0.3, -0.25) is 4.79 Å². The van der Waals surface area contributed by atoms with Gasteiger partial charge in [-0.15, -0.1) is 0 Å². The van der Waals surface area contributed by atoms with E-state index in [1.807, 2.05) is 18.7 Å². The predicted octanol–water partition coefficient (Wildman–Crippen LogP) is 0.233. The Hall–Kier alpha value is -0.610. The van der Waals surface area contributed by atoms with Gasteiger partial charge in [0.2, 0.25) is 5.91 Å². The first-order chi connectivity index (χ1) is 6.79. The van der Waals surface area contributed by atoms with E-state index in [9.17, 15) is 4.79 Å². The van der Waals surface area contributed by atoms with Crippen molar-refractivity contribution in [2.75, 3.05) is 32.8 Å². The van der Waals surface area contributed by atoms with E-state index in [0.717, 1.165) is 19.5 Å². The van der Waals surface area contributed by atoms with Gasteiger partial charge >= 0.3 is 0 Å². The second-order valence-corrected chi connectivity index (χ2v) is 3.41. The Labute approximate surface area is 85.6 Å². The van der Waals surface area contributed by atoms with Crippen molar-refractivity contribution in [3.63, 3.8) is 0 Å². The lowest BCUT2D eigenvalue weighted by molar-refractivity contribution is -0.135. The number of carbonyl (C=O) groups excluding carboxylic acids is 1. The van der Waals surface area contributed by atoms with E-state index in [1.165, 1.54) is 0 Å². The molecule has 1 amide bonds. The van der Waals surface area contributed by atoms with E-state index in [0.29, 0.717) is 19.8 Å². The summed E-state index contributed by atoms with van der Waals surface area (Å²) in [5, 5.41) is 3.12. The van der Waals surface area contributed by atoms with Gasteiger partial charge in [-0.2, -0.15) is 0 Å². The molecule has 0 aliphatic carbocycles. The second-order valence-electron chi connectivity index (χ2n) is 3.41. The summed E-state index contributed by atoms with van der Waals surface area (Å²) in [5.74, 6) is 0.221. The number of rotatable bonds is 6. The van der Waals surface area contributed by atoms with Gasteiger partial charge in [0, 0.05) is 19.7 Å². The van der Waals surface area contributed by atoms with E-state index in [2.05, 4.69) is 5.32 Å². The molecule has 0 aromatic carbocycles. The standard InChI is InChI=1S/C10H20N2O2/c1-3-12(7-8-14-4-2)10(13)9-5-6-11-9/h9,11H,3-8H2,1-2H3/t9-/m1/s1. The maximum Gasteiger partial charge on any atom is 0.239 e. The van der Waals surface area contributed by atoms with E-state index >= 15 is 0 Å². The summed E-state index contributed by atoms with van der Waals surface area (Å²) in [6, 6.07) is 0.0663. The fourth-order valence-corrected chi connectivity index (χ4v) is 1.46. The van der Waals surface area contributed by atoms with Gasteiger partial charge in [-0.1, -0.05) is 0 Å². The zero-order valence-electron chi connectivity index (χ0n) is 9.08. The minimum atomic E-state index is 0.0663. The van der Waals surface area contributed by atoms with E-state index in [-0.39, 0.29) is 11.9 Å². The van der Waals surface area contributed by atoms with Crippen molar-refractivity contribution >= 4 is 5.91 Å². The molecule has 0 aromatic rings. The quantitative estimate of drug-likeness (QED) is 0.624. The van der Waals surface area contributed by atoms with E-state index < -0.39 is 0 Å². The molecule has 1 N–H and O–H groups in total. The van der Waals surface area contributed by atoms with Crippen molar-refractivity contribution in [3.8, 4) is 0 Å². The summed E-state index contributed by atoms with van der Waals surface area (Å²) in [5.41, 5.74) is 0. The van der Waals surface area contributed by atoms with Crippen LogP contribution in [0.2, 0.25) is 0 Å². The molecule has 1 saturated heterocycles. The molecule has 4 heteroatoms. The van der Waals surface area contributed by atoms with Gasteiger partial charge in [-0.05, 0) is 26.8 Å². The Bertz CT molecular complexity index is 181. The second kappa shape index (κ2) is 5.98. The van der Waals surface area contributed by atoms with Crippen molar-refractivity contribution in [1.82, 2.24) is 10.2 Å². The van der Waals surface area contributed by atoms with Crippen LogP contribution in [0.1, 0.15) is 20.3 Å². The lowest BCUT2D eigenvalue weighted by Gasteiger charge is -2.32. The lowest BCUT2D eigenvalue weighted by Crippen LogP contribution is -2.54. The number of nitrogens with zero attached hydrogens (tertiary/aromatic N) is 1. The number of hydrogen-bond donors (Lipinski definition) is 1. The number of ether oxygens (including phenoxy) is 1. The molecule has 4 nitrogen and oxygen atoms in total. The smallest absolute Gasteiger partial charge is 0.239 e. The van der Waals surface area contributed by atoms with Gasteiger partial charge in [0.1, 0.15) is 0 Å². The van der Waals surface area contributed by atoms with Gasteiger partial charge < -0.3 is 15.0 Å². The fourth-order valence-electron chi connectivity index (χ4n) is 1.46. The maximum atomic E-state index is 11.8. The van der Waals surface area contributed by atoms with Crippen LogP contribution in [0.5, 0.6) is 0 Å². The van der Waals surface area contributed by atoms with Crippen molar-refractivity contribution < 1.29 is 9.53 Å². The monoisotopic (exact) mass is 200 g/mol. The highest BCUT2D eigenvalue weighted by molar-refractivity contribution is 5.82. The molecule has 1 aliphatic heterocycles. The Balaban J connectivity index is 2.24. The van der Waals surface area contributed by atoms with E-state index in [1.54, 1.807) is 0 Å². The number of amides is 1. The predicted molar refractivity (Wildman–Crippen MR) is 55.2 cm³/mol. The van der Waals surface area contributed by atoms with Crippen LogP contribution in [0.4, 0.5) is 0 Å². The van der Waals surface area contributed by atoms with Crippen molar-refractivity contribution in [2.45, 2.75) is 26.3 Å². The first-order valence-electron chi connectivity index (χ1n) is 5.39. The molecule has 0 bridgehead atoms. The lowest BCUT2D eigenvalue weighted by atomic mass is 10.1. The van der Waals surface area contributed by atoms with Gasteiger partial charge in [-0.25, -0.2) is 0 Å². The molecule has 0 unspecified atom stereocenters. The molecule has 0 aromatic heterocycles. The van der Waals surface area contributed by atoms with Crippen LogP contribution >= 0.6 is 0 Å². The minimum absolute atomic E-state index is 0.0663. The van der Waals surface area contributed by atoms with Crippen LogP contribution < -0.4 is 5.32 Å². The summed E-state index contributed by atoms with van der Waals surface area (Å²) < 4.78 is 5.23. The van der Waals surface area contributed by atoms with Crippen LogP contribution in [0, 0.1) is 0 Å². The molecule has 0 saturated carbocycles. The highest BCUT2D eigenvalue weighted by Crippen LogP contribution is 2.06. The fraction of sp³-hybridized carbons (Fsp3) is 0.900. The summed E-state index contributed by atoms with van der Waals surface area (Å²) >= 11 is 0. The highest BCUT2D eigenvalue weighted by atomic mass is 16.5. The maximum absolute atomic E-state index is 11.8. The van der Waals surface area contributed by atoms with Gasteiger partial charge in [0.25, 0.3) is 0 Å². The average molecular weight is 200 g/mol. The molecular formula is C10H20N2O2. The summed E-state index contributed by atoms with van der Waals surface area (Å²) in [6.07, 6.45) is 0.976. The van der Waals surface area contributed by atoms with Gasteiger partial charge in [0.05, 0.1) is 12.6 Å². The molecule has 1 atom stereocenters. The molecule has 0 radical (unpaired) electrons. The molecule has 82 valence electrons. The van der Waals surface area contributed by atoms with Crippen LogP contribution in [0.3, 0.4) is 0 Å². The van der Waals surface area contributed by atoms with Crippen LogP contribution in [-0.4, -0.2) is 49.7 Å². The summed E-state index contributed by atoms with van der Waals surface area (Å²) in [4.78, 5) is 13.6. The van der Waals surface area contributed by atoms with E-state index in [4.69, 9.17) is 4.74 Å². The number of carbonyl (C=O) groups is 1. The van der Waals surface area contributed by atoms with Crippen molar-refractivity contribution in [2.24, 2.45) is 0 Å². The minimum Gasteiger partial charge on any atom is -0.380 e. The molecule has 1 rings (SSSR count). The normalized spacial score (nSPS) is 20.3. The third-order valence-corrected chi connectivity index (χ3v) is 2.52. The topological polar surface area (TPSA) is 41.6 Å². The first kappa shape index (κ1) is 11.5. The zero-order chi connectivity index (χ0) is 10.4. The first-order valence-corrected chi connectivity index (χ1v) is 5.39. The third kappa shape index (κ3) is 2.96. The van der Waals surface area contributed by atoms with Crippen molar-refractivity contribution in [1.29, 1.82) is 0 Å². The number of likely N-dealkylation sites (N-methyl/N-ethyl adjacent to an activating group) is 1. The SMILES string of the molecule is CCOCCN(CC)C(=O)[C@H]1CCN1. The Morgan fingerprint density at radius 2 is 2.29 bits per heavy atom. The molecule has 1 aliphatic rings. The highest BCUT2D eigenvalue weighted by Gasteiger charge is 2.27. The number of nitrogens with one attached hydrogen (secondary N) is 1. The Morgan fingerprint density at radius 1 is 1.57 bits per heavy atom. The molecule has 14 heavy (non-hydrogen) atoms. The Morgan fingerprint density at radius 3 is 2.71 bits per heavy atom.